The van der Waals surface area contributed by atoms with Crippen LogP contribution in [0.15, 0.2) is 23.0 Å². The van der Waals surface area contributed by atoms with Crippen molar-refractivity contribution >= 4 is 33.3 Å². The highest BCUT2D eigenvalue weighted by atomic mass is 32.1. The predicted molar refractivity (Wildman–Crippen MR) is 114 cm³/mol. The summed E-state index contributed by atoms with van der Waals surface area (Å²) in [5.74, 6) is 0.747. The molecule has 3 heterocycles. The fraction of sp³-hybridized carbons (Fsp3) is 0.364. The van der Waals surface area contributed by atoms with E-state index in [1.54, 1.807) is 29.7 Å². The van der Waals surface area contributed by atoms with Gasteiger partial charge in [-0.2, -0.15) is 0 Å². The lowest BCUT2D eigenvalue weighted by atomic mass is 10.1. The van der Waals surface area contributed by atoms with E-state index in [4.69, 9.17) is 9.47 Å². The number of aryl methyl sites for hydroxylation is 2. The van der Waals surface area contributed by atoms with Crippen molar-refractivity contribution in [1.82, 2.24) is 9.55 Å². The second-order valence-electron chi connectivity index (χ2n) is 7.21. The van der Waals surface area contributed by atoms with E-state index in [2.05, 4.69) is 4.98 Å². The zero-order valence-corrected chi connectivity index (χ0v) is 17.9. The molecular weight excluding hydrogens is 404 g/mol. The second-order valence-corrected chi connectivity index (χ2v) is 8.21. The molecule has 0 unspecified atom stereocenters. The van der Waals surface area contributed by atoms with Crippen molar-refractivity contribution in [1.29, 1.82) is 0 Å². The largest absolute Gasteiger partial charge is 0.493 e. The maximum Gasteiger partial charge on any atom is 0.349 e. The molecule has 2 aromatic heterocycles. The van der Waals surface area contributed by atoms with Crippen LogP contribution < -0.4 is 10.3 Å². The van der Waals surface area contributed by atoms with Gasteiger partial charge in [-0.1, -0.05) is 0 Å². The number of carbonyl (C=O) groups is 2. The molecule has 0 saturated heterocycles. The first kappa shape index (κ1) is 20.3. The number of aromatic nitrogens is 2. The third-order valence-corrected chi connectivity index (χ3v) is 6.39. The Kier molecular flexibility index (Phi) is 5.42. The number of rotatable bonds is 6. The van der Waals surface area contributed by atoms with Crippen LogP contribution in [-0.4, -0.2) is 27.9 Å². The Morgan fingerprint density at radius 2 is 2.10 bits per heavy atom. The molecule has 3 aromatic rings. The number of nitrogens with zero attached hydrogens (tertiary/aromatic N) is 2. The first-order chi connectivity index (χ1) is 14.4. The maximum absolute atomic E-state index is 12.8. The first-order valence-corrected chi connectivity index (χ1v) is 10.7. The molecule has 156 valence electrons. The molecule has 0 aliphatic carbocycles. The zero-order chi connectivity index (χ0) is 21.4. The van der Waals surface area contributed by atoms with E-state index < -0.39 is 5.97 Å². The van der Waals surface area contributed by atoms with Crippen molar-refractivity contribution in [2.75, 3.05) is 6.61 Å². The van der Waals surface area contributed by atoms with Crippen LogP contribution >= 0.6 is 11.3 Å². The van der Waals surface area contributed by atoms with Gasteiger partial charge in [-0.25, -0.2) is 9.78 Å². The van der Waals surface area contributed by atoms with Crippen molar-refractivity contribution in [2.45, 2.75) is 46.8 Å². The molecule has 0 fully saturated rings. The molecule has 7 nitrogen and oxygen atoms in total. The van der Waals surface area contributed by atoms with E-state index in [-0.39, 0.29) is 17.9 Å². The lowest BCUT2D eigenvalue weighted by molar-refractivity contribution is 0.0475. The molecule has 0 bridgehead atoms. The molecule has 0 radical (unpaired) electrons. The number of hydrogen-bond acceptors (Lipinski definition) is 7. The highest BCUT2D eigenvalue weighted by Gasteiger charge is 2.24. The molecule has 1 aromatic carbocycles. The van der Waals surface area contributed by atoms with Gasteiger partial charge in [0.25, 0.3) is 5.56 Å². The van der Waals surface area contributed by atoms with E-state index in [1.165, 1.54) is 18.3 Å². The summed E-state index contributed by atoms with van der Waals surface area (Å²) < 4.78 is 12.8. The van der Waals surface area contributed by atoms with E-state index in [9.17, 15) is 14.4 Å². The fourth-order valence-corrected chi connectivity index (χ4v) is 4.77. The number of ether oxygens (including phenoxy) is 2. The minimum absolute atomic E-state index is 0.0358. The van der Waals surface area contributed by atoms with Crippen LogP contribution in [0.25, 0.3) is 10.2 Å². The highest BCUT2D eigenvalue weighted by Crippen LogP contribution is 2.30. The van der Waals surface area contributed by atoms with Crippen LogP contribution in [-0.2, 0) is 24.3 Å². The molecule has 0 saturated carbocycles. The van der Waals surface area contributed by atoms with Gasteiger partial charge in [-0.05, 0) is 51.0 Å². The van der Waals surface area contributed by atoms with Crippen LogP contribution in [0.2, 0.25) is 0 Å². The summed E-state index contributed by atoms with van der Waals surface area (Å²) in [6.07, 6.45) is 1.68. The summed E-state index contributed by atoms with van der Waals surface area (Å²) in [6, 6.07) is 5.07. The average Bonchev–Trinajstić information content (AvgIpc) is 3.32. The number of benzene rings is 1. The second kappa shape index (κ2) is 8.02. The van der Waals surface area contributed by atoms with Gasteiger partial charge in [-0.3, -0.25) is 14.2 Å². The zero-order valence-electron chi connectivity index (χ0n) is 17.1. The molecule has 8 heteroatoms. The predicted octanol–water partition coefficient (Wildman–Crippen LogP) is 3.67. The lowest BCUT2D eigenvalue weighted by Crippen LogP contribution is -2.20. The average molecular weight is 426 g/mol. The van der Waals surface area contributed by atoms with Crippen LogP contribution in [0, 0.1) is 6.92 Å². The van der Waals surface area contributed by atoms with E-state index in [0.29, 0.717) is 50.7 Å². The Morgan fingerprint density at radius 3 is 2.83 bits per heavy atom. The Morgan fingerprint density at radius 1 is 1.30 bits per heavy atom. The summed E-state index contributed by atoms with van der Waals surface area (Å²) in [4.78, 5) is 42.8. The van der Waals surface area contributed by atoms with Crippen molar-refractivity contribution in [3.63, 3.8) is 0 Å². The van der Waals surface area contributed by atoms with Gasteiger partial charge < -0.3 is 9.47 Å². The molecule has 0 amide bonds. The molecule has 0 spiro atoms. The first-order valence-electron chi connectivity index (χ1n) is 9.87. The number of carbonyl (C=O) groups excluding carboxylic acids is 2. The van der Waals surface area contributed by atoms with Gasteiger partial charge >= 0.3 is 5.97 Å². The summed E-state index contributed by atoms with van der Waals surface area (Å²) in [5.41, 5.74) is 1.65. The summed E-state index contributed by atoms with van der Waals surface area (Å²) in [6.45, 7) is 6.18. The Hall–Kier alpha value is -3.00. The molecule has 0 N–H and O–H groups in total. The third-order valence-electron chi connectivity index (χ3n) is 5.22. The minimum atomic E-state index is -0.518. The molecule has 30 heavy (non-hydrogen) atoms. The van der Waals surface area contributed by atoms with Gasteiger partial charge in [-0.15, -0.1) is 11.3 Å². The number of Topliss-reactive ketones (excluding diaryl/α,β-unsaturated/α-hetero) is 1. The third kappa shape index (κ3) is 3.52. The van der Waals surface area contributed by atoms with E-state index in [0.717, 1.165) is 18.7 Å². The van der Waals surface area contributed by atoms with Crippen LogP contribution in [0.1, 0.15) is 57.2 Å². The Bertz CT molecular complexity index is 1220. The van der Waals surface area contributed by atoms with Gasteiger partial charge in [0.15, 0.2) is 5.78 Å². The molecule has 1 aliphatic rings. The number of fused-ring (bicyclic) bond motifs is 2. The van der Waals surface area contributed by atoms with E-state index in [1.807, 2.05) is 6.92 Å². The SMILES string of the molecule is CCOc1ccc(C(C)=O)cc1COC(=O)c1sc2nc3n(c(=O)c2c1C)CCC3. The highest BCUT2D eigenvalue weighted by molar-refractivity contribution is 7.20. The van der Waals surface area contributed by atoms with Crippen molar-refractivity contribution < 1.29 is 19.1 Å². The minimum Gasteiger partial charge on any atom is -0.493 e. The summed E-state index contributed by atoms with van der Waals surface area (Å²) >= 11 is 1.19. The normalized spacial score (nSPS) is 12.8. The Labute approximate surface area is 177 Å². The van der Waals surface area contributed by atoms with Crippen molar-refractivity contribution in [2.24, 2.45) is 0 Å². The molecule has 1 aliphatic heterocycles. The van der Waals surface area contributed by atoms with Crippen LogP contribution in [0.3, 0.4) is 0 Å². The maximum atomic E-state index is 12.8. The molecular formula is C22H22N2O5S. The summed E-state index contributed by atoms with van der Waals surface area (Å²) in [7, 11) is 0. The number of thiophene rings is 1. The number of ketones is 1. The summed E-state index contributed by atoms with van der Waals surface area (Å²) in [5, 5.41) is 0.492. The fourth-order valence-electron chi connectivity index (χ4n) is 3.69. The standard InChI is InChI=1S/C22H22N2O5S/c1-4-28-16-8-7-14(13(3)25)10-15(16)11-29-22(27)19-12(2)18-20(30-19)23-17-6-5-9-24(17)21(18)26/h7-8,10H,4-6,9,11H2,1-3H3. The Balaban J connectivity index is 1.62. The lowest BCUT2D eigenvalue weighted by Gasteiger charge is -2.12. The monoisotopic (exact) mass is 426 g/mol. The molecule has 4 rings (SSSR count). The number of hydrogen-bond donors (Lipinski definition) is 0. The topological polar surface area (TPSA) is 87.5 Å². The number of esters is 1. The van der Waals surface area contributed by atoms with Gasteiger partial charge in [0.05, 0.1) is 12.0 Å². The quantitative estimate of drug-likeness (QED) is 0.441. The van der Waals surface area contributed by atoms with Gasteiger partial charge in [0.1, 0.15) is 27.9 Å². The van der Waals surface area contributed by atoms with Crippen LogP contribution in [0.4, 0.5) is 0 Å². The van der Waals surface area contributed by atoms with E-state index >= 15 is 0 Å². The van der Waals surface area contributed by atoms with Gasteiger partial charge in [0.2, 0.25) is 0 Å². The van der Waals surface area contributed by atoms with Crippen LogP contribution in [0.5, 0.6) is 5.75 Å². The van der Waals surface area contributed by atoms with Crippen molar-refractivity contribution in [3.05, 3.63) is 55.9 Å². The van der Waals surface area contributed by atoms with Gasteiger partial charge in [0, 0.05) is 24.1 Å². The smallest absolute Gasteiger partial charge is 0.349 e. The van der Waals surface area contributed by atoms with Crippen molar-refractivity contribution in [3.8, 4) is 5.75 Å². The molecule has 0 atom stereocenters.